The van der Waals surface area contributed by atoms with Gasteiger partial charge in [0.2, 0.25) is 11.8 Å². The van der Waals surface area contributed by atoms with Crippen LogP contribution in [-0.2, 0) is 16.1 Å². The predicted molar refractivity (Wildman–Crippen MR) is 225 cm³/mol. The van der Waals surface area contributed by atoms with Crippen LogP contribution in [0.3, 0.4) is 0 Å². The summed E-state index contributed by atoms with van der Waals surface area (Å²) in [5.41, 5.74) is 18.9. The molecular weight excluding hydrogens is 687 g/mol. The topological polar surface area (TPSA) is 158 Å². The average Bonchev–Trinajstić information content (AvgIpc) is 3.56. The SMILES string of the molecule is C=C(C)CN(Cc1ncc(C2=CC=C(C3=CC4C=CC(C(CC)NCCN(CCC)C(=O)C(N)C(C)C)C=CC4C=C3)CC2)[nH]1)C(=O)C(N)C1=NCCNC1. The normalized spacial score (nSPS) is 22.4. The molecule has 3 aliphatic carbocycles. The Bertz CT molecular complexity index is 1730. The van der Waals surface area contributed by atoms with E-state index in [1.165, 1.54) is 16.7 Å². The van der Waals surface area contributed by atoms with E-state index in [0.29, 0.717) is 56.1 Å². The van der Waals surface area contributed by atoms with Gasteiger partial charge in [0.05, 0.1) is 36.7 Å². The summed E-state index contributed by atoms with van der Waals surface area (Å²) >= 11 is 0. The van der Waals surface area contributed by atoms with Gasteiger partial charge in [-0.25, -0.2) is 4.98 Å². The molecule has 11 heteroatoms. The third-order valence-electron chi connectivity index (χ3n) is 11.1. The Balaban J connectivity index is 1.19. The zero-order chi connectivity index (χ0) is 39.5. The molecular formula is C44H65N9O2. The van der Waals surface area contributed by atoms with Crippen molar-refractivity contribution >= 4 is 23.1 Å². The second-order valence-electron chi connectivity index (χ2n) is 15.9. The Morgan fingerprint density at radius 3 is 2.40 bits per heavy atom. The first-order valence-electron chi connectivity index (χ1n) is 20.4. The third-order valence-corrected chi connectivity index (χ3v) is 11.1. The minimum atomic E-state index is -0.785. The van der Waals surface area contributed by atoms with Crippen molar-refractivity contribution in [2.24, 2.45) is 40.1 Å². The smallest absolute Gasteiger partial charge is 0.246 e. The van der Waals surface area contributed by atoms with Crippen LogP contribution in [0, 0.1) is 23.7 Å². The molecule has 1 aromatic rings. The maximum absolute atomic E-state index is 13.4. The fourth-order valence-corrected chi connectivity index (χ4v) is 7.71. The first kappa shape index (κ1) is 42.0. The van der Waals surface area contributed by atoms with Gasteiger partial charge in [-0.2, -0.15) is 0 Å². The second kappa shape index (κ2) is 20.1. The van der Waals surface area contributed by atoms with E-state index in [1.807, 2.05) is 31.9 Å². The van der Waals surface area contributed by atoms with Crippen LogP contribution in [0.15, 0.2) is 89.2 Å². The number of aliphatic imine (C=N–C) groups is 1. The summed E-state index contributed by atoms with van der Waals surface area (Å²) < 4.78 is 0. The number of allylic oxidation sites excluding steroid dienone is 10. The van der Waals surface area contributed by atoms with E-state index >= 15 is 0 Å². The number of fused-ring (bicyclic) bond motifs is 1. The molecule has 4 aliphatic rings. The number of nitrogens with one attached hydrogen (secondary N) is 3. The van der Waals surface area contributed by atoms with Crippen LogP contribution in [0.2, 0.25) is 0 Å². The Morgan fingerprint density at radius 1 is 1.00 bits per heavy atom. The Hall–Kier alpha value is -4.16. The van der Waals surface area contributed by atoms with Crippen molar-refractivity contribution in [1.82, 2.24) is 30.4 Å². The summed E-state index contributed by atoms with van der Waals surface area (Å²) in [6.45, 7) is 19.1. The number of nitrogens with zero attached hydrogens (tertiary/aromatic N) is 4. The molecule has 0 spiro atoms. The first-order chi connectivity index (χ1) is 26.5. The predicted octanol–water partition coefficient (Wildman–Crippen LogP) is 4.85. The van der Waals surface area contributed by atoms with Crippen LogP contribution in [0.1, 0.15) is 71.8 Å². The van der Waals surface area contributed by atoms with Crippen molar-refractivity contribution in [3.05, 3.63) is 95.7 Å². The van der Waals surface area contributed by atoms with E-state index < -0.39 is 12.1 Å². The molecule has 7 N–H and O–H groups in total. The zero-order valence-electron chi connectivity index (χ0n) is 33.8. The highest BCUT2D eigenvalue weighted by Crippen LogP contribution is 2.36. The van der Waals surface area contributed by atoms with E-state index in [0.717, 1.165) is 56.6 Å². The van der Waals surface area contributed by atoms with E-state index in [2.05, 4.69) is 101 Å². The van der Waals surface area contributed by atoms with Crippen LogP contribution in [0.5, 0.6) is 0 Å². The van der Waals surface area contributed by atoms with Crippen molar-refractivity contribution in [2.75, 3.05) is 45.8 Å². The quantitative estimate of drug-likeness (QED) is 0.134. The number of carbonyl (C=O) groups is 2. The summed E-state index contributed by atoms with van der Waals surface area (Å²) in [7, 11) is 0. The number of imidazole rings is 1. The lowest BCUT2D eigenvalue weighted by Crippen LogP contribution is -2.52. The Labute approximate surface area is 328 Å². The number of amides is 2. The second-order valence-corrected chi connectivity index (χ2v) is 15.9. The molecule has 2 amide bonds. The summed E-state index contributed by atoms with van der Waals surface area (Å²) in [5, 5.41) is 7.00. The van der Waals surface area contributed by atoms with Crippen LogP contribution < -0.4 is 22.1 Å². The number of hydrogen-bond donors (Lipinski definition) is 5. The minimum absolute atomic E-state index is 0.0472. The highest BCUT2D eigenvalue weighted by molar-refractivity contribution is 6.09. The average molecular weight is 752 g/mol. The van der Waals surface area contributed by atoms with Crippen molar-refractivity contribution < 1.29 is 9.59 Å². The molecule has 6 unspecified atom stereocenters. The fraction of sp³-hybridized carbons (Fsp3) is 0.545. The molecule has 298 valence electrons. The number of nitrogens with two attached hydrogens (primary N) is 2. The highest BCUT2D eigenvalue weighted by Gasteiger charge is 2.28. The van der Waals surface area contributed by atoms with Gasteiger partial charge in [-0.15, -0.1) is 0 Å². The summed E-state index contributed by atoms with van der Waals surface area (Å²) in [4.78, 5) is 42.6. The van der Waals surface area contributed by atoms with Gasteiger partial charge < -0.3 is 36.9 Å². The van der Waals surface area contributed by atoms with Crippen molar-refractivity contribution in [3.63, 3.8) is 0 Å². The van der Waals surface area contributed by atoms with Crippen LogP contribution in [0.25, 0.3) is 5.57 Å². The van der Waals surface area contributed by atoms with E-state index in [4.69, 9.17) is 11.5 Å². The maximum atomic E-state index is 13.4. The van der Waals surface area contributed by atoms with Crippen LogP contribution in [-0.4, -0.2) is 101 Å². The lowest BCUT2D eigenvalue weighted by atomic mass is 9.82. The molecule has 55 heavy (non-hydrogen) atoms. The maximum Gasteiger partial charge on any atom is 0.246 e. The number of rotatable bonds is 18. The number of aromatic amines is 1. The van der Waals surface area contributed by atoms with Gasteiger partial charge in [-0.1, -0.05) is 94.5 Å². The molecule has 0 saturated heterocycles. The Morgan fingerprint density at radius 2 is 1.75 bits per heavy atom. The highest BCUT2D eigenvalue weighted by atomic mass is 16.2. The molecule has 0 fully saturated rings. The van der Waals surface area contributed by atoms with E-state index in [9.17, 15) is 9.59 Å². The largest absolute Gasteiger partial charge is 0.341 e. The van der Waals surface area contributed by atoms with Crippen molar-refractivity contribution in [2.45, 2.75) is 85.0 Å². The molecule has 0 aromatic carbocycles. The molecule has 0 radical (unpaired) electrons. The molecule has 11 nitrogen and oxygen atoms in total. The van der Waals surface area contributed by atoms with Gasteiger partial charge in [-0.3, -0.25) is 14.6 Å². The lowest BCUT2D eigenvalue weighted by Gasteiger charge is -2.29. The van der Waals surface area contributed by atoms with Crippen LogP contribution in [0.4, 0.5) is 0 Å². The first-order valence-corrected chi connectivity index (χ1v) is 20.4. The van der Waals surface area contributed by atoms with Crippen molar-refractivity contribution in [3.8, 4) is 0 Å². The summed E-state index contributed by atoms with van der Waals surface area (Å²) in [6.07, 6.45) is 26.5. The lowest BCUT2D eigenvalue weighted by molar-refractivity contribution is -0.133. The van der Waals surface area contributed by atoms with E-state index in [-0.39, 0.29) is 29.7 Å². The summed E-state index contributed by atoms with van der Waals surface area (Å²) in [6, 6.07) is -0.959. The van der Waals surface area contributed by atoms with Gasteiger partial charge >= 0.3 is 0 Å². The van der Waals surface area contributed by atoms with Crippen molar-refractivity contribution in [1.29, 1.82) is 0 Å². The molecule has 1 aromatic heterocycles. The van der Waals surface area contributed by atoms with Gasteiger partial charge in [0, 0.05) is 63.1 Å². The summed E-state index contributed by atoms with van der Waals surface area (Å²) in [5.74, 6) is 1.62. The molecule has 0 saturated carbocycles. The fourth-order valence-electron chi connectivity index (χ4n) is 7.71. The van der Waals surface area contributed by atoms with Gasteiger partial charge in [-0.05, 0) is 55.2 Å². The number of H-pyrrole nitrogens is 1. The monoisotopic (exact) mass is 752 g/mol. The number of aromatic nitrogens is 2. The Kier molecular flexibility index (Phi) is 15.4. The van der Waals surface area contributed by atoms with Gasteiger partial charge in [0.25, 0.3) is 0 Å². The van der Waals surface area contributed by atoms with E-state index in [1.54, 1.807) is 4.90 Å². The number of hydrogen-bond acceptors (Lipinski definition) is 8. The number of carbonyl (C=O) groups excluding carboxylic acids is 2. The minimum Gasteiger partial charge on any atom is -0.341 e. The third kappa shape index (κ3) is 11.2. The van der Waals surface area contributed by atoms with Gasteiger partial charge in [0.15, 0.2) is 0 Å². The molecule has 5 rings (SSSR count). The zero-order valence-corrected chi connectivity index (χ0v) is 33.8. The molecule has 1 aliphatic heterocycles. The standard InChI is InChI=1S/C44H65N9O2/c1-7-22-52(43(54)41(45)30(5)6)23-21-49-37(8-2)33-13-9-32-12-17-35(24-36(32)18-16-33)31-10-14-34(15-11-31)38-26-50-40(51-38)28-53(27-29(3)4)44(55)42(46)39-25-47-19-20-48-39/h9-10,12-14,16-18,24,26,30,32-33,36-37,41-42,47,49H,3,7-8,11,15,19-23,25,27-28,45-46H2,1-2,4-6H3,(H,50,51). The molecule has 6 atom stereocenters. The molecule has 2 heterocycles. The molecule has 0 bridgehead atoms. The van der Waals surface area contributed by atoms with Gasteiger partial charge in [0.1, 0.15) is 11.9 Å². The van der Waals surface area contributed by atoms with Crippen LogP contribution >= 0.6 is 0 Å².